The number of ether oxygens (including phenoxy) is 1. The third-order valence-corrected chi connectivity index (χ3v) is 2.25. The number of rotatable bonds is 7. The Bertz CT molecular complexity index is 408. The molecule has 0 radical (unpaired) electrons. The molecule has 1 atom stereocenters. The molecule has 0 aliphatic rings. The molecule has 1 unspecified atom stereocenters. The minimum atomic E-state index is -0.444. The van der Waals surface area contributed by atoms with Gasteiger partial charge in [-0.2, -0.15) is 0 Å². The molecule has 0 amide bonds. The Balaban J connectivity index is 2.86. The van der Waals surface area contributed by atoms with Crippen LogP contribution in [0.5, 0.6) is 5.75 Å². The fraction of sp³-hybridized carbons (Fsp3) is 0.500. The Morgan fingerprint density at radius 3 is 2.83 bits per heavy atom. The van der Waals surface area contributed by atoms with E-state index in [1.165, 1.54) is 6.07 Å². The molecule has 1 rings (SSSR count). The van der Waals surface area contributed by atoms with Crippen molar-refractivity contribution in [3.8, 4) is 5.75 Å². The molecule has 1 aromatic rings. The van der Waals surface area contributed by atoms with Crippen LogP contribution in [0.25, 0.3) is 0 Å². The maximum Gasteiger partial charge on any atom is 0.311 e. The maximum absolute atomic E-state index is 10.8. The largest absolute Gasteiger partial charge is 0.487 e. The second-order valence-electron chi connectivity index (χ2n) is 4.15. The highest BCUT2D eigenvalue weighted by atomic mass is 16.6. The van der Waals surface area contributed by atoms with E-state index in [0.717, 1.165) is 12.1 Å². The monoisotopic (exact) mass is 253 g/mol. The molecule has 0 aliphatic heterocycles. The molecule has 0 saturated heterocycles. The maximum atomic E-state index is 10.8. The summed E-state index contributed by atoms with van der Waals surface area (Å²) in [4.78, 5) is 10.4. The first-order valence-corrected chi connectivity index (χ1v) is 5.95. The number of nitrogens with zero attached hydrogens (tertiary/aromatic N) is 1. The summed E-state index contributed by atoms with van der Waals surface area (Å²) in [5.41, 5.74) is 6.38. The van der Waals surface area contributed by atoms with Crippen LogP contribution in [0.4, 0.5) is 11.4 Å². The van der Waals surface area contributed by atoms with E-state index in [0.29, 0.717) is 13.2 Å². The van der Waals surface area contributed by atoms with E-state index in [4.69, 9.17) is 10.5 Å². The van der Waals surface area contributed by atoms with Gasteiger partial charge in [-0.05, 0) is 19.4 Å². The van der Waals surface area contributed by atoms with Gasteiger partial charge in [0.25, 0.3) is 0 Å². The van der Waals surface area contributed by atoms with Crippen molar-refractivity contribution < 1.29 is 9.66 Å². The van der Waals surface area contributed by atoms with E-state index in [1.807, 2.05) is 13.8 Å². The second kappa shape index (κ2) is 6.80. The highest BCUT2D eigenvalue weighted by molar-refractivity contribution is 5.58. The molecule has 0 bridgehead atoms. The van der Waals surface area contributed by atoms with Crippen LogP contribution in [0.3, 0.4) is 0 Å². The molecule has 100 valence electrons. The van der Waals surface area contributed by atoms with Crippen molar-refractivity contribution in [2.75, 3.05) is 18.5 Å². The summed E-state index contributed by atoms with van der Waals surface area (Å²) in [6.07, 6.45) is 0.800. The summed E-state index contributed by atoms with van der Waals surface area (Å²) in [7, 11) is 0. The van der Waals surface area contributed by atoms with Gasteiger partial charge in [-0.25, -0.2) is 0 Å². The summed E-state index contributed by atoms with van der Waals surface area (Å²) in [6, 6.07) is 4.74. The summed E-state index contributed by atoms with van der Waals surface area (Å²) in [5.74, 6) is 0.288. The zero-order chi connectivity index (χ0) is 13.5. The van der Waals surface area contributed by atoms with Gasteiger partial charge < -0.3 is 15.8 Å². The fourth-order valence-corrected chi connectivity index (χ4v) is 1.38. The zero-order valence-corrected chi connectivity index (χ0v) is 10.7. The van der Waals surface area contributed by atoms with Crippen LogP contribution in [0.1, 0.15) is 20.3 Å². The molecule has 0 aliphatic carbocycles. The van der Waals surface area contributed by atoms with Gasteiger partial charge in [0.15, 0.2) is 5.75 Å². The highest BCUT2D eigenvalue weighted by Crippen LogP contribution is 2.30. The number of hydrogen-bond acceptors (Lipinski definition) is 5. The SMILES string of the molecule is CCCOc1cc(NCC(C)N)ccc1[N+](=O)[O-]. The van der Waals surface area contributed by atoms with Crippen molar-refractivity contribution in [1.29, 1.82) is 0 Å². The molecule has 0 saturated carbocycles. The van der Waals surface area contributed by atoms with Crippen molar-refractivity contribution >= 4 is 11.4 Å². The summed E-state index contributed by atoms with van der Waals surface area (Å²) < 4.78 is 5.38. The molecule has 0 heterocycles. The first kappa shape index (κ1) is 14.2. The summed E-state index contributed by atoms with van der Waals surface area (Å²) in [6.45, 7) is 4.89. The van der Waals surface area contributed by atoms with Gasteiger partial charge in [0, 0.05) is 30.4 Å². The number of nitrogens with two attached hydrogens (primary N) is 1. The first-order chi connectivity index (χ1) is 8.54. The lowest BCUT2D eigenvalue weighted by Gasteiger charge is -2.11. The Morgan fingerprint density at radius 2 is 2.28 bits per heavy atom. The van der Waals surface area contributed by atoms with Crippen LogP contribution < -0.4 is 15.8 Å². The Labute approximate surface area is 106 Å². The minimum absolute atomic E-state index is 0.0141. The van der Waals surface area contributed by atoms with Crippen molar-refractivity contribution in [1.82, 2.24) is 0 Å². The zero-order valence-electron chi connectivity index (χ0n) is 10.7. The molecule has 6 nitrogen and oxygen atoms in total. The van der Waals surface area contributed by atoms with E-state index in [9.17, 15) is 10.1 Å². The van der Waals surface area contributed by atoms with Gasteiger partial charge in [-0.1, -0.05) is 6.92 Å². The molecule has 0 spiro atoms. The minimum Gasteiger partial charge on any atom is -0.487 e. The van der Waals surface area contributed by atoms with Crippen molar-refractivity contribution in [2.45, 2.75) is 26.3 Å². The fourth-order valence-electron chi connectivity index (χ4n) is 1.38. The van der Waals surface area contributed by atoms with Gasteiger partial charge in [-0.3, -0.25) is 10.1 Å². The molecule has 6 heteroatoms. The second-order valence-corrected chi connectivity index (χ2v) is 4.15. The van der Waals surface area contributed by atoms with Crippen LogP contribution in [-0.4, -0.2) is 24.1 Å². The van der Waals surface area contributed by atoms with E-state index < -0.39 is 4.92 Å². The standard InChI is InChI=1S/C12H19N3O3/c1-3-6-18-12-7-10(14-8-9(2)13)4-5-11(12)15(16)17/h4-5,7,9,14H,3,6,8,13H2,1-2H3. The lowest BCUT2D eigenvalue weighted by molar-refractivity contribution is -0.385. The number of nitro groups is 1. The van der Waals surface area contributed by atoms with E-state index >= 15 is 0 Å². The van der Waals surface area contributed by atoms with Crippen LogP contribution in [0.2, 0.25) is 0 Å². The van der Waals surface area contributed by atoms with Crippen LogP contribution >= 0.6 is 0 Å². The van der Waals surface area contributed by atoms with E-state index in [-0.39, 0.29) is 17.5 Å². The molecule has 0 aromatic heterocycles. The predicted molar refractivity (Wildman–Crippen MR) is 71.0 cm³/mol. The third kappa shape index (κ3) is 4.21. The number of benzene rings is 1. The first-order valence-electron chi connectivity index (χ1n) is 5.95. The lowest BCUT2D eigenvalue weighted by atomic mass is 10.2. The number of anilines is 1. The topological polar surface area (TPSA) is 90.4 Å². The number of nitrogens with one attached hydrogen (secondary N) is 1. The quantitative estimate of drug-likeness (QED) is 0.574. The third-order valence-electron chi connectivity index (χ3n) is 2.25. The number of nitro benzene ring substituents is 1. The Morgan fingerprint density at radius 1 is 1.56 bits per heavy atom. The van der Waals surface area contributed by atoms with Crippen LogP contribution in [-0.2, 0) is 0 Å². The van der Waals surface area contributed by atoms with Gasteiger partial charge in [-0.15, -0.1) is 0 Å². The molecule has 0 fully saturated rings. The Hall–Kier alpha value is -1.82. The lowest BCUT2D eigenvalue weighted by Crippen LogP contribution is -2.25. The molecular weight excluding hydrogens is 234 g/mol. The predicted octanol–water partition coefficient (Wildman–Crippen LogP) is 2.14. The molecule has 1 aromatic carbocycles. The van der Waals surface area contributed by atoms with Gasteiger partial charge >= 0.3 is 5.69 Å². The van der Waals surface area contributed by atoms with E-state index in [2.05, 4.69) is 5.32 Å². The van der Waals surface area contributed by atoms with Crippen molar-refractivity contribution in [3.05, 3.63) is 28.3 Å². The van der Waals surface area contributed by atoms with Crippen molar-refractivity contribution in [3.63, 3.8) is 0 Å². The summed E-state index contributed by atoms with van der Waals surface area (Å²) in [5, 5.41) is 13.9. The molecule has 3 N–H and O–H groups in total. The van der Waals surface area contributed by atoms with Crippen molar-refractivity contribution in [2.24, 2.45) is 5.73 Å². The molecule has 18 heavy (non-hydrogen) atoms. The average Bonchev–Trinajstić information content (AvgIpc) is 2.33. The van der Waals surface area contributed by atoms with E-state index in [1.54, 1.807) is 12.1 Å². The normalized spacial score (nSPS) is 11.9. The Kier molecular flexibility index (Phi) is 5.38. The smallest absolute Gasteiger partial charge is 0.311 e. The van der Waals surface area contributed by atoms with Crippen LogP contribution in [0, 0.1) is 10.1 Å². The van der Waals surface area contributed by atoms with Gasteiger partial charge in [0.2, 0.25) is 0 Å². The number of hydrogen-bond donors (Lipinski definition) is 2. The van der Waals surface area contributed by atoms with Gasteiger partial charge in [0.1, 0.15) is 0 Å². The highest BCUT2D eigenvalue weighted by Gasteiger charge is 2.15. The van der Waals surface area contributed by atoms with Gasteiger partial charge in [0.05, 0.1) is 11.5 Å². The molecular formula is C12H19N3O3. The average molecular weight is 253 g/mol. The summed E-state index contributed by atoms with van der Waals surface area (Å²) >= 11 is 0. The van der Waals surface area contributed by atoms with Crippen LogP contribution in [0.15, 0.2) is 18.2 Å².